The molecule has 0 bridgehead atoms. The molecule has 2 atom stereocenters. The van der Waals surface area contributed by atoms with Crippen molar-refractivity contribution < 1.29 is 23.9 Å². The molecule has 6 nitrogen and oxygen atoms in total. The molecule has 4 aromatic carbocycles. The average Bonchev–Trinajstić information content (AvgIpc) is 3.27. The standard InChI is InChI=1S/C30H19Cl2NO5/c31-23-15-14-18(16-24(23)32)33-29(36)27(35)25(28-21-12-6-7-13-22(21)30(37)38-28)26(34)20-11-5-4-10-19(20)17-8-2-1-3-9-17/h1-16,25,28H,(H,33,36)/t25-,28+/m1/s1. The number of carbonyl (C=O) groups is 4. The first-order valence-corrected chi connectivity index (χ1v) is 12.4. The molecule has 0 radical (unpaired) electrons. The van der Waals surface area contributed by atoms with E-state index in [1.807, 2.05) is 30.3 Å². The number of fused-ring (bicyclic) bond motifs is 1. The Bertz CT molecular complexity index is 1580. The van der Waals surface area contributed by atoms with Crippen molar-refractivity contribution >= 4 is 52.3 Å². The van der Waals surface area contributed by atoms with Crippen LogP contribution in [-0.2, 0) is 14.3 Å². The summed E-state index contributed by atoms with van der Waals surface area (Å²) >= 11 is 12.0. The second kappa shape index (κ2) is 10.6. The number of halogens is 2. The lowest BCUT2D eigenvalue weighted by Crippen LogP contribution is -2.38. The van der Waals surface area contributed by atoms with Crippen LogP contribution in [0.3, 0.4) is 0 Å². The van der Waals surface area contributed by atoms with Gasteiger partial charge < -0.3 is 10.1 Å². The van der Waals surface area contributed by atoms with Crippen LogP contribution >= 0.6 is 23.2 Å². The monoisotopic (exact) mass is 543 g/mol. The fourth-order valence-electron chi connectivity index (χ4n) is 4.46. The zero-order valence-electron chi connectivity index (χ0n) is 19.7. The van der Waals surface area contributed by atoms with Gasteiger partial charge in [0.25, 0.3) is 5.91 Å². The normalized spacial score (nSPS) is 14.8. The van der Waals surface area contributed by atoms with Crippen molar-refractivity contribution in [2.45, 2.75) is 6.10 Å². The summed E-state index contributed by atoms with van der Waals surface area (Å²) in [6.45, 7) is 0. The molecule has 0 unspecified atom stereocenters. The smallest absolute Gasteiger partial charge is 0.339 e. The number of Topliss-reactive ketones (excluding diaryl/α,β-unsaturated/α-hetero) is 2. The van der Waals surface area contributed by atoms with Gasteiger partial charge in [0.1, 0.15) is 12.0 Å². The molecule has 0 spiro atoms. The van der Waals surface area contributed by atoms with Crippen molar-refractivity contribution in [2.75, 3.05) is 5.32 Å². The highest BCUT2D eigenvalue weighted by molar-refractivity contribution is 6.46. The molecule has 1 aliphatic rings. The van der Waals surface area contributed by atoms with Crippen molar-refractivity contribution in [3.63, 3.8) is 0 Å². The van der Waals surface area contributed by atoms with Crippen molar-refractivity contribution in [2.24, 2.45) is 5.92 Å². The quantitative estimate of drug-likeness (QED) is 0.123. The first-order chi connectivity index (χ1) is 18.3. The third-order valence-corrected chi connectivity index (χ3v) is 7.01. The van der Waals surface area contributed by atoms with Crippen LogP contribution in [0, 0.1) is 5.92 Å². The van der Waals surface area contributed by atoms with E-state index in [1.165, 1.54) is 18.2 Å². The van der Waals surface area contributed by atoms with E-state index in [1.54, 1.807) is 48.5 Å². The summed E-state index contributed by atoms with van der Waals surface area (Å²) in [6.07, 6.45) is -1.28. The number of esters is 1. The molecule has 0 saturated heterocycles. The summed E-state index contributed by atoms with van der Waals surface area (Å²) in [4.78, 5) is 53.6. The lowest BCUT2D eigenvalue weighted by atomic mass is 9.82. The number of nitrogens with one attached hydrogen (secondary N) is 1. The van der Waals surface area contributed by atoms with Gasteiger partial charge in [0.15, 0.2) is 5.78 Å². The van der Waals surface area contributed by atoms with Gasteiger partial charge in [-0.3, -0.25) is 14.4 Å². The van der Waals surface area contributed by atoms with Crippen LogP contribution in [0.4, 0.5) is 5.69 Å². The fourth-order valence-corrected chi connectivity index (χ4v) is 4.76. The number of hydrogen-bond acceptors (Lipinski definition) is 5. The lowest BCUT2D eigenvalue weighted by Gasteiger charge is -2.22. The van der Waals surface area contributed by atoms with Crippen LogP contribution in [0.5, 0.6) is 0 Å². The third kappa shape index (κ3) is 4.84. The minimum Gasteiger partial charge on any atom is -0.453 e. The summed E-state index contributed by atoms with van der Waals surface area (Å²) in [5, 5.41) is 2.93. The summed E-state index contributed by atoms with van der Waals surface area (Å²) in [7, 11) is 0. The Morgan fingerprint density at radius 1 is 0.763 bits per heavy atom. The van der Waals surface area contributed by atoms with E-state index in [0.717, 1.165) is 5.56 Å². The molecule has 0 aliphatic carbocycles. The molecule has 4 aromatic rings. The Kier molecular flexibility index (Phi) is 7.09. The van der Waals surface area contributed by atoms with Gasteiger partial charge in [-0.05, 0) is 35.4 Å². The number of amides is 1. The Balaban J connectivity index is 1.57. The highest BCUT2D eigenvalue weighted by atomic mass is 35.5. The van der Waals surface area contributed by atoms with E-state index in [0.29, 0.717) is 11.1 Å². The van der Waals surface area contributed by atoms with E-state index < -0.39 is 35.5 Å². The molecule has 188 valence electrons. The number of ether oxygens (including phenoxy) is 1. The van der Waals surface area contributed by atoms with Crippen LogP contribution in [0.2, 0.25) is 10.0 Å². The van der Waals surface area contributed by atoms with Gasteiger partial charge in [-0.2, -0.15) is 0 Å². The van der Waals surface area contributed by atoms with E-state index >= 15 is 0 Å². The minimum absolute atomic E-state index is 0.181. The molecule has 38 heavy (non-hydrogen) atoms. The molecular formula is C30H19Cl2NO5. The number of carbonyl (C=O) groups excluding carboxylic acids is 4. The highest BCUT2D eigenvalue weighted by Gasteiger charge is 2.46. The van der Waals surface area contributed by atoms with Gasteiger partial charge in [0.05, 0.1) is 15.6 Å². The maximum atomic E-state index is 14.1. The third-order valence-electron chi connectivity index (χ3n) is 6.27. The summed E-state index contributed by atoms with van der Waals surface area (Å²) in [5.74, 6) is -5.06. The number of cyclic esters (lactones) is 1. The molecular weight excluding hydrogens is 525 g/mol. The van der Waals surface area contributed by atoms with Gasteiger partial charge >= 0.3 is 5.97 Å². The second-order valence-corrected chi connectivity index (χ2v) is 9.43. The zero-order valence-corrected chi connectivity index (χ0v) is 21.2. The number of ketones is 2. The van der Waals surface area contributed by atoms with Crippen LogP contribution in [0.15, 0.2) is 97.1 Å². The molecule has 1 N–H and O–H groups in total. The molecule has 1 heterocycles. The largest absolute Gasteiger partial charge is 0.453 e. The average molecular weight is 544 g/mol. The van der Waals surface area contributed by atoms with Crippen molar-refractivity contribution in [1.29, 1.82) is 0 Å². The van der Waals surface area contributed by atoms with Crippen LogP contribution in [-0.4, -0.2) is 23.4 Å². The number of hydrogen-bond donors (Lipinski definition) is 1. The SMILES string of the molecule is O=C(Nc1ccc(Cl)c(Cl)c1)C(=O)[C@@H](C(=O)c1ccccc1-c1ccccc1)[C@H]1OC(=O)c2ccccc21. The zero-order chi connectivity index (χ0) is 26.8. The van der Waals surface area contributed by atoms with Gasteiger partial charge in [-0.25, -0.2) is 4.79 Å². The van der Waals surface area contributed by atoms with Crippen LogP contribution in [0.1, 0.15) is 32.4 Å². The number of rotatable bonds is 7. The first kappa shape index (κ1) is 25.4. The van der Waals surface area contributed by atoms with Gasteiger partial charge in [-0.15, -0.1) is 0 Å². The summed E-state index contributed by atoms with van der Waals surface area (Å²) < 4.78 is 5.54. The predicted octanol–water partition coefficient (Wildman–Crippen LogP) is 6.58. The van der Waals surface area contributed by atoms with E-state index in [4.69, 9.17) is 27.9 Å². The number of benzene rings is 4. The molecule has 0 aromatic heterocycles. The van der Waals surface area contributed by atoms with Crippen LogP contribution in [0.25, 0.3) is 11.1 Å². The minimum atomic E-state index is -1.63. The van der Waals surface area contributed by atoms with Gasteiger partial charge in [0, 0.05) is 16.8 Å². The molecule has 1 amide bonds. The number of anilines is 1. The lowest BCUT2D eigenvalue weighted by molar-refractivity contribution is -0.138. The molecule has 0 saturated carbocycles. The van der Waals surface area contributed by atoms with E-state index in [-0.39, 0.29) is 26.9 Å². The van der Waals surface area contributed by atoms with Crippen molar-refractivity contribution in [3.05, 3.63) is 124 Å². The molecule has 1 aliphatic heterocycles. The first-order valence-electron chi connectivity index (χ1n) is 11.6. The van der Waals surface area contributed by atoms with Gasteiger partial charge in [0.2, 0.25) is 5.78 Å². The van der Waals surface area contributed by atoms with Crippen LogP contribution < -0.4 is 5.32 Å². The fraction of sp³-hybridized carbons (Fsp3) is 0.0667. The van der Waals surface area contributed by atoms with E-state index in [2.05, 4.69) is 5.32 Å². The molecule has 8 heteroatoms. The summed E-state index contributed by atoms with van der Waals surface area (Å²) in [6, 6.07) is 26.8. The van der Waals surface area contributed by atoms with Gasteiger partial charge in [-0.1, -0.05) is 96.0 Å². The van der Waals surface area contributed by atoms with E-state index in [9.17, 15) is 19.2 Å². The maximum Gasteiger partial charge on any atom is 0.339 e. The maximum absolute atomic E-state index is 14.1. The Morgan fingerprint density at radius 3 is 2.16 bits per heavy atom. The Morgan fingerprint density at radius 2 is 1.42 bits per heavy atom. The predicted molar refractivity (Wildman–Crippen MR) is 144 cm³/mol. The molecule has 0 fully saturated rings. The second-order valence-electron chi connectivity index (χ2n) is 8.61. The Hall–Kier alpha value is -4.26. The highest BCUT2D eigenvalue weighted by Crippen LogP contribution is 2.39. The Labute approximate surface area is 228 Å². The van der Waals surface area contributed by atoms with Crippen molar-refractivity contribution in [1.82, 2.24) is 0 Å². The van der Waals surface area contributed by atoms with Crippen molar-refractivity contribution in [3.8, 4) is 11.1 Å². The summed E-state index contributed by atoms with van der Waals surface area (Å²) in [5.41, 5.74) is 2.38. The molecule has 5 rings (SSSR count). The topological polar surface area (TPSA) is 89.5 Å².